The number of hydrogen-bond donors (Lipinski definition) is 3. The summed E-state index contributed by atoms with van der Waals surface area (Å²) < 4.78 is 0. The first-order valence-electron chi connectivity index (χ1n) is 5.93. The minimum atomic E-state index is -0.244. The van der Waals surface area contributed by atoms with Gasteiger partial charge in [0.05, 0.1) is 5.69 Å². The average Bonchev–Trinajstić information content (AvgIpc) is 2.94. The predicted octanol–water partition coefficient (Wildman–Crippen LogP) is 1.22. The average molecular weight is 257 g/mol. The second kappa shape index (κ2) is 5.97. The lowest BCUT2D eigenvalue weighted by Crippen LogP contribution is -2.23. The minimum absolute atomic E-state index is 0.244. The number of benzene rings is 1. The van der Waals surface area contributed by atoms with Crippen molar-refractivity contribution < 1.29 is 9.59 Å². The van der Waals surface area contributed by atoms with Gasteiger partial charge in [-0.1, -0.05) is 24.3 Å². The number of H-pyrrole nitrogens is 1. The largest absolute Gasteiger partial charge is 0.348 e. The van der Waals surface area contributed by atoms with Crippen LogP contribution in [0, 0.1) is 0 Å². The summed E-state index contributed by atoms with van der Waals surface area (Å²) in [5, 5.41) is 2.78. The van der Waals surface area contributed by atoms with E-state index >= 15 is 0 Å². The lowest BCUT2D eigenvalue weighted by atomic mass is 10.1. The first-order chi connectivity index (χ1) is 9.22. The molecule has 98 valence electrons. The highest BCUT2D eigenvalue weighted by atomic mass is 16.2. The molecule has 19 heavy (non-hydrogen) atoms. The molecular weight excluding hydrogens is 242 g/mol. The smallest absolute Gasteiger partial charge is 0.267 e. The Kier molecular flexibility index (Phi) is 4.10. The number of aldehydes is 1. The van der Waals surface area contributed by atoms with Crippen LogP contribution in [0.15, 0.2) is 36.4 Å². The van der Waals surface area contributed by atoms with Crippen molar-refractivity contribution in [3.8, 4) is 0 Å². The molecule has 0 atom stereocenters. The van der Waals surface area contributed by atoms with E-state index in [2.05, 4.69) is 10.3 Å². The molecule has 0 radical (unpaired) electrons. The Bertz CT molecular complexity index is 590. The zero-order chi connectivity index (χ0) is 13.7. The fourth-order valence-electron chi connectivity index (χ4n) is 1.76. The molecule has 0 aliphatic rings. The first-order valence-corrected chi connectivity index (χ1v) is 5.93. The first kappa shape index (κ1) is 13.0. The van der Waals surface area contributed by atoms with Gasteiger partial charge in [-0.3, -0.25) is 9.59 Å². The molecule has 0 fully saturated rings. The Labute approximate surface area is 110 Å². The molecule has 1 amide bonds. The number of aromatic nitrogens is 1. The van der Waals surface area contributed by atoms with Crippen molar-refractivity contribution in [2.45, 2.75) is 13.1 Å². The van der Waals surface area contributed by atoms with E-state index in [-0.39, 0.29) is 5.91 Å². The summed E-state index contributed by atoms with van der Waals surface area (Å²) in [7, 11) is 0. The second-order valence-electron chi connectivity index (χ2n) is 4.15. The van der Waals surface area contributed by atoms with Crippen molar-refractivity contribution in [2.75, 3.05) is 0 Å². The third kappa shape index (κ3) is 3.29. The van der Waals surface area contributed by atoms with E-state index in [4.69, 9.17) is 5.73 Å². The Morgan fingerprint density at radius 1 is 1.26 bits per heavy atom. The van der Waals surface area contributed by atoms with Crippen LogP contribution in [-0.2, 0) is 13.1 Å². The van der Waals surface area contributed by atoms with Gasteiger partial charge in [0, 0.05) is 13.1 Å². The van der Waals surface area contributed by atoms with Crippen molar-refractivity contribution in [3.05, 3.63) is 58.9 Å². The van der Waals surface area contributed by atoms with E-state index in [9.17, 15) is 9.59 Å². The summed E-state index contributed by atoms with van der Waals surface area (Å²) in [6.45, 7) is 0.892. The molecule has 0 unspecified atom stereocenters. The van der Waals surface area contributed by atoms with Crippen LogP contribution in [0.25, 0.3) is 0 Å². The number of carbonyl (C=O) groups excluding carboxylic acids is 2. The molecule has 5 nitrogen and oxygen atoms in total. The number of nitrogens with two attached hydrogens (primary N) is 1. The number of hydrogen-bond acceptors (Lipinski definition) is 3. The van der Waals surface area contributed by atoms with Crippen molar-refractivity contribution in [1.82, 2.24) is 10.3 Å². The quantitative estimate of drug-likeness (QED) is 0.704. The number of rotatable bonds is 5. The maximum atomic E-state index is 11.8. The SMILES string of the molecule is NCc1cccc(CNC(=O)c2ccc(C=O)[nH]2)c1. The van der Waals surface area contributed by atoms with Gasteiger partial charge in [-0.15, -0.1) is 0 Å². The van der Waals surface area contributed by atoms with Crippen molar-refractivity contribution >= 4 is 12.2 Å². The Morgan fingerprint density at radius 3 is 2.74 bits per heavy atom. The Balaban J connectivity index is 1.97. The van der Waals surface area contributed by atoms with Crippen molar-refractivity contribution in [2.24, 2.45) is 5.73 Å². The molecule has 1 aromatic heterocycles. The molecular formula is C14H15N3O2. The fourth-order valence-corrected chi connectivity index (χ4v) is 1.76. The fraction of sp³-hybridized carbons (Fsp3) is 0.143. The number of carbonyl (C=O) groups is 2. The van der Waals surface area contributed by atoms with Crippen LogP contribution < -0.4 is 11.1 Å². The molecule has 0 spiro atoms. The highest BCUT2D eigenvalue weighted by Crippen LogP contribution is 2.05. The summed E-state index contributed by atoms with van der Waals surface area (Å²) >= 11 is 0. The van der Waals surface area contributed by atoms with Crippen LogP contribution in [0.1, 0.15) is 32.1 Å². The molecule has 0 bridgehead atoms. The zero-order valence-electron chi connectivity index (χ0n) is 10.3. The molecule has 0 aliphatic heterocycles. The normalized spacial score (nSPS) is 10.2. The standard InChI is InChI=1S/C14H15N3O2/c15-7-10-2-1-3-11(6-10)8-16-14(19)13-5-4-12(9-18)17-13/h1-6,9,17H,7-8,15H2,(H,16,19). The number of amides is 1. The summed E-state index contributed by atoms with van der Waals surface area (Å²) in [5.41, 5.74) is 8.32. The van der Waals surface area contributed by atoms with Gasteiger partial charge in [0.1, 0.15) is 5.69 Å². The molecule has 4 N–H and O–H groups in total. The third-order valence-corrected chi connectivity index (χ3v) is 2.76. The summed E-state index contributed by atoms with van der Waals surface area (Å²) in [6, 6.07) is 10.9. The third-order valence-electron chi connectivity index (χ3n) is 2.76. The molecule has 0 saturated carbocycles. The zero-order valence-corrected chi connectivity index (χ0v) is 10.3. The van der Waals surface area contributed by atoms with E-state index in [1.165, 1.54) is 0 Å². The van der Waals surface area contributed by atoms with Crippen LogP contribution in [-0.4, -0.2) is 17.2 Å². The molecule has 1 aromatic carbocycles. The van der Waals surface area contributed by atoms with Gasteiger partial charge in [-0.2, -0.15) is 0 Å². The van der Waals surface area contributed by atoms with Crippen LogP contribution in [0.4, 0.5) is 0 Å². The Hall–Kier alpha value is -2.40. The van der Waals surface area contributed by atoms with Gasteiger partial charge in [-0.25, -0.2) is 0 Å². The second-order valence-corrected chi connectivity index (χ2v) is 4.15. The van der Waals surface area contributed by atoms with Gasteiger partial charge < -0.3 is 16.0 Å². The molecule has 1 heterocycles. The minimum Gasteiger partial charge on any atom is -0.348 e. The van der Waals surface area contributed by atoms with Crippen molar-refractivity contribution in [1.29, 1.82) is 0 Å². The monoisotopic (exact) mass is 257 g/mol. The van der Waals surface area contributed by atoms with Crippen LogP contribution >= 0.6 is 0 Å². The summed E-state index contributed by atoms with van der Waals surface area (Å²) in [4.78, 5) is 25.1. The Morgan fingerprint density at radius 2 is 2.05 bits per heavy atom. The summed E-state index contributed by atoms with van der Waals surface area (Å²) in [6.07, 6.45) is 0.668. The van der Waals surface area contributed by atoms with Gasteiger partial charge in [0.15, 0.2) is 6.29 Å². The van der Waals surface area contributed by atoms with Crippen LogP contribution in [0.3, 0.4) is 0 Å². The topological polar surface area (TPSA) is 88.0 Å². The van der Waals surface area contributed by atoms with Gasteiger partial charge >= 0.3 is 0 Å². The molecule has 2 aromatic rings. The predicted molar refractivity (Wildman–Crippen MR) is 71.7 cm³/mol. The number of aromatic amines is 1. The lowest BCUT2D eigenvalue weighted by molar-refractivity contribution is 0.0946. The van der Waals surface area contributed by atoms with Gasteiger partial charge in [0.25, 0.3) is 5.91 Å². The number of nitrogens with one attached hydrogen (secondary N) is 2. The van der Waals surface area contributed by atoms with E-state index in [1.54, 1.807) is 12.1 Å². The van der Waals surface area contributed by atoms with Gasteiger partial charge in [-0.05, 0) is 23.3 Å². The van der Waals surface area contributed by atoms with Crippen LogP contribution in [0.2, 0.25) is 0 Å². The molecule has 0 saturated heterocycles. The summed E-state index contributed by atoms with van der Waals surface area (Å²) in [5.74, 6) is -0.244. The van der Waals surface area contributed by atoms with Crippen LogP contribution in [0.5, 0.6) is 0 Å². The molecule has 5 heteroatoms. The van der Waals surface area contributed by atoms with Crippen molar-refractivity contribution in [3.63, 3.8) is 0 Å². The van der Waals surface area contributed by atoms with Gasteiger partial charge in [0.2, 0.25) is 0 Å². The van der Waals surface area contributed by atoms with E-state index < -0.39 is 0 Å². The lowest BCUT2D eigenvalue weighted by Gasteiger charge is -2.05. The van der Waals surface area contributed by atoms with E-state index in [0.717, 1.165) is 11.1 Å². The molecule has 2 rings (SSSR count). The highest BCUT2D eigenvalue weighted by molar-refractivity contribution is 5.93. The maximum Gasteiger partial charge on any atom is 0.267 e. The van der Waals surface area contributed by atoms with E-state index in [0.29, 0.717) is 30.8 Å². The highest BCUT2D eigenvalue weighted by Gasteiger charge is 2.07. The van der Waals surface area contributed by atoms with E-state index in [1.807, 2.05) is 24.3 Å². The maximum absolute atomic E-state index is 11.8. The molecule has 0 aliphatic carbocycles.